The summed E-state index contributed by atoms with van der Waals surface area (Å²) in [6.45, 7) is 2.62. The Kier molecular flexibility index (Phi) is 6.67. The molecular formula is C17H23N3O2S. The van der Waals surface area contributed by atoms with Gasteiger partial charge in [0.2, 0.25) is 5.89 Å². The first-order valence-electron chi connectivity index (χ1n) is 7.65. The number of hydrogen-bond donors (Lipinski definition) is 2. The lowest BCUT2D eigenvalue weighted by atomic mass is 10.0. The Labute approximate surface area is 141 Å². The van der Waals surface area contributed by atoms with Crippen molar-refractivity contribution < 1.29 is 9.21 Å². The SMILES string of the molecule is CSCCC(N)c1nc(C(=O)NCC(C)c2ccccc2)co1. The average molecular weight is 333 g/mol. The van der Waals surface area contributed by atoms with Crippen molar-refractivity contribution in [3.8, 4) is 0 Å². The second-order valence-electron chi connectivity index (χ2n) is 5.48. The topological polar surface area (TPSA) is 81.1 Å². The summed E-state index contributed by atoms with van der Waals surface area (Å²) in [4.78, 5) is 16.4. The van der Waals surface area contributed by atoms with Crippen LogP contribution in [0.3, 0.4) is 0 Å². The Morgan fingerprint density at radius 1 is 1.39 bits per heavy atom. The lowest BCUT2D eigenvalue weighted by molar-refractivity contribution is 0.0946. The van der Waals surface area contributed by atoms with Gasteiger partial charge in [-0.15, -0.1) is 0 Å². The molecule has 3 N–H and O–H groups in total. The number of carbonyl (C=O) groups is 1. The van der Waals surface area contributed by atoms with Crippen molar-refractivity contribution in [1.82, 2.24) is 10.3 Å². The number of thioether (sulfide) groups is 1. The minimum atomic E-state index is -0.271. The highest BCUT2D eigenvalue weighted by atomic mass is 32.2. The number of oxazole rings is 1. The average Bonchev–Trinajstić information content (AvgIpc) is 3.08. The van der Waals surface area contributed by atoms with Crippen LogP contribution < -0.4 is 11.1 Å². The van der Waals surface area contributed by atoms with Gasteiger partial charge in [0.15, 0.2) is 5.69 Å². The zero-order valence-electron chi connectivity index (χ0n) is 13.5. The molecule has 0 saturated carbocycles. The molecule has 23 heavy (non-hydrogen) atoms. The van der Waals surface area contributed by atoms with Crippen LogP contribution >= 0.6 is 11.8 Å². The summed E-state index contributed by atoms with van der Waals surface area (Å²) in [6, 6.07) is 9.80. The first kappa shape index (κ1) is 17.6. The highest BCUT2D eigenvalue weighted by Crippen LogP contribution is 2.16. The van der Waals surface area contributed by atoms with Gasteiger partial charge in [-0.2, -0.15) is 11.8 Å². The third-order valence-electron chi connectivity index (χ3n) is 3.64. The van der Waals surface area contributed by atoms with Gasteiger partial charge >= 0.3 is 0 Å². The summed E-state index contributed by atoms with van der Waals surface area (Å²) in [5.74, 6) is 1.34. The molecule has 0 radical (unpaired) electrons. The van der Waals surface area contributed by atoms with E-state index in [2.05, 4.69) is 29.4 Å². The zero-order valence-corrected chi connectivity index (χ0v) is 14.3. The number of nitrogens with two attached hydrogens (primary N) is 1. The molecule has 2 atom stereocenters. The van der Waals surface area contributed by atoms with E-state index in [1.54, 1.807) is 11.8 Å². The van der Waals surface area contributed by atoms with Crippen LogP contribution in [0.5, 0.6) is 0 Å². The molecule has 2 unspecified atom stereocenters. The third kappa shape index (κ3) is 5.11. The molecule has 2 aromatic rings. The molecule has 0 bridgehead atoms. The van der Waals surface area contributed by atoms with E-state index in [1.165, 1.54) is 11.8 Å². The largest absolute Gasteiger partial charge is 0.446 e. The summed E-state index contributed by atoms with van der Waals surface area (Å²) >= 11 is 1.72. The fraction of sp³-hybridized carbons (Fsp3) is 0.412. The molecule has 1 aromatic carbocycles. The van der Waals surface area contributed by atoms with Crippen molar-refractivity contribution in [2.75, 3.05) is 18.6 Å². The van der Waals surface area contributed by atoms with Gasteiger partial charge in [-0.1, -0.05) is 37.3 Å². The van der Waals surface area contributed by atoms with Crippen LogP contribution in [0, 0.1) is 0 Å². The molecule has 1 amide bonds. The van der Waals surface area contributed by atoms with E-state index in [0.29, 0.717) is 12.4 Å². The maximum atomic E-state index is 12.2. The van der Waals surface area contributed by atoms with Crippen LogP contribution in [-0.2, 0) is 0 Å². The summed E-state index contributed by atoms with van der Waals surface area (Å²) in [7, 11) is 0. The molecule has 0 aliphatic rings. The van der Waals surface area contributed by atoms with Gasteiger partial charge in [-0.3, -0.25) is 4.79 Å². The number of rotatable bonds is 8. The predicted molar refractivity (Wildman–Crippen MR) is 93.6 cm³/mol. The molecule has 0 saturated heterocycles. The van der Waals surface area contributed by atoms with Gasteiger partial charge in [-0.05, 0) is 29.9 Å². The molecule has 6 heteroatoms. The lowest BCUT2D eigenvalue weighted by Gasteiger charge is -2.12. The number of carbonyl (C=O) groups excluding carboxylic acids is 1. The number of nitrogens with zero attached hydrogens (tertiary/aromatic N) is 1. The normalized spacial score (nSPS) is 13.5. The molecule has 0 spiro atoms. The number of benzene rings is 1. The molecule has 1 heterocycles. The predicted octanol–water partition coefficient (Wildman–Crippen LogP) is 2.96. The Balaban J connectivity index is 1.87. The van der Waals surface area contributed by atoms with Crippen LogP contribution in [0.15, 0.2) is 41.0 Å². The molecule has 124 valence electrons. The van der Waals surface area contributed by atoms with Crippen molar-refractivity contribution in [2.24, 2.45) is 5.73 Å². The zero-order chi connectivity index (χ0) is 16.7. The summed E-state index contributed by atoms with van der Waals surface area (Å²) < 4.78 is 5.33. The summed E-state index contributed by atoms with van der Waals surface area (Å²) in [6.07, 6.45) is 4.17. The molecule has 2 rings (SSSR count). The number of amides is 1. The Bertz CT molecular complexity index is 615. The lowest BCUT2D eigenvalue weighted by Crippen LogP contribution is -2.28. The van der Waals surface area contributed by atoms with Gasteiger partial charge < -0.3 is 15.5 Å². The first-order valence-corrected chi connectivity index (χ1v) is 9.04. The highest BCUT2D eigenvalue weighted by molar-refractivity contribution is 7.98. The van der Waals surface area contributed by atoms with Crippen LogP contribution in [0.4, 0.5) is 0 Å². The van der Waals surface area contributed by atoms with E-state index in [4.69, 9.17) is 10.2 Å². The van der Waals surface area contributed by atoms with Crippen molar-refractivity contribution in [3.63, 3.8) is 0 Å². The number of hydrogen-bond acceptors (Lipinski definition) is 5. The molecule has 0 fully saturated rings. The molecule has 5 nitrogen and oxygen atoms in total. The molecular weight excluding hydrogens is 310 g/mol. The van der Waals surface area contributed by atoms with E-state index >= 15 is 0 Å². The smallest absolute Gasteiger partial charge is 0.273 e. The van der Waals surface area contributed by atoms with Crippen molar-refractivity contribution in [1.29, 1.82) is 0 Å². The Hall–Kier alpha value is -1.79. The van der Waals surface area contributed by atoms with E-state index in [1.807, 2.05) is 24.5 Å². The second kappa shape index (κ2) is 8.74. The van der Waals surface area contributed by atoms with Crippen molar-refractivity contribution >= 4 is 17.7 Å². The van der Waals surface area contributed by atoms with Crippen LogP contribution in [0.2, 0.25) is 0 Å². The number of nitrogens with one attached hydrogen (secondary N) is 1. The highest BCUT2D eigenvalue weighted by Gasteiger charge is 2.17. The maximum absolute atomic E-state index is 12.2. The summed E-state index contributed by atoms with van der Waals surface area (Å²) in [5, 5.41) is 2.89. The van der Waals surface area contributed by atoms with Crippen molar-refractivity contribution in [3.05, 3.63) is 53.7 Å². The van der Waals surface area contributed by atoms with E-state index in [9.17, 15) is 4.79 Å². The Morgan fingerprint density at radius 3 is 2.83 bits per heavy atom. The van der Waals surface area contributed by atoms with Gasteiger partial charge in [0, 0.05) is 6.54 Å². The number of aromatic nitrogens is 1. The van der Waals surface area contributed by atoms with E-state index in [-0.39, 0.29) is 23.6 Å². The first-order chi connectivity index (χ1) is 11.1. The third-order valence-corrected chi connectivity index (χ3v) is 4.29. The Morgan fingerprint density at radius 2 is 2.13 bits per heavy atom. The standard InChI is InChI=1S/C17H23N3O2S/c1-12(13-6-4-3-5-7-13)10-19-16(21)15-11-22-17(20-15)14(18)8-9-23-2/h3-7,11-12,14H,8-10,18H2,1-2H3,(H,19,21). The van der Waals surface area contributed by atoms with Crippen LogP contribution in [-0.4, -0.2) is 29.4 Å². The van der Waals surface area contributed by atoms with Gasteiger partial charge in [0.25, 0.3) is 5.91 Å². The van der Waals surface area contributed by atoms with E-state index < -0.39 is 0 Å². The molecule has 1 aromatic heterocycles. The van der Waals surface area contributed by atoms with Crippen LogP contribution in [0.25, 0.3) is 0 Å². The summed E-state index contributed by atoms with van der Waals surface area (Å²) in [5.41, 5.74) is 7.46. The minimum Gasteiger partial charge on any atom is -0.446 e. The van der Waals surface area contributed by atoms with Gasteiger partial charge in [0.05, 0.1) is 6.04 Å². The minimum absolute atomic E-state index is 0.232. The monoisotopic (exact) mass is 333 g/mol. The van der Waals surface area contributed by atoms with E-state index in [0.717, 1.165) is 12.2 Å². The quantitative estimate of drug-likeness (QED) is 0.776. The maximum Gasteiger partial charge on any atom is 0.273 e. The molecule has 0 aliphatic heterocycles. The van der Waals surface area contributed by atoms with Crippen molar-refractivity contribution in [2.45, 2.75) is 25.3 Å². The van der Waals surface area contributed by atoms with Gasteiger partial charge in [-0.25, -0.2) is 4.98 Å². The second-order valence-corrected chi connectivity index (χ2v) is 6.47. The van der Waals surface area contributed by atoms with Crippen LogP contribution in [0.1, 0.15) is 47.2 Å². The molecule has 0 aliphatic carbocycles. The van der Waals surface area contributed by atoms with Gasteiger partial charge in [0.1, 0.15) is 6.26 Å². The fourth-order valence-electron chi connectivity index (χ4n) is 2.17. The fourth-order valence-corrected chi connectivity index (χ4v) is 2.66.